The Kier molecular flexibility index (Phi) is 10.2. The van der Waals surface area contributed by atoms with E-state index < -0.39 is 33.3 Å². The molecule has 2 N–H and O–H groups in total. The van der Waals surface area contributed by atoms with Crippen LogP contribution in [0, 0.1) is 19.7 Å². The molecule has 50 heavy (non-hydrogen) atoms. The highest BCUT2D eigenvalue weighted by molar-refractivity contribution is 7.71. The van der Waals surface area contributed by atoms with Crippen molar-refractivity contribution in [3.05, 3.63) is 81.4 Å². The minimum Gasteiger partial charge on any atom is -0.465 e. The number of carboxylic acid groups (broad SMARTS) is 1. The molecule has 0 fully saturated rings. The minimum atomic E-state index is -2.84. The first-order valence-electron chi connectivity index (χ1n) is 17.1. The molecule has 2 aromatic heterocycles. The summed E-state index contributed by atoms with van der Waals surface area (Å²) in [7, 11) is -3.07. The minimum absolute atomic E-state index is 0.0479. The summed E-state index contributed by atoms with van der Waals surface area (Å²) < 4.78 is 40.1. The summed E-state index contributed by atoms with van der Waals surface area (Å²) in [5.74, 6) is 0.0794. The summed E-state index contributed by atoms with van der Waals surface area (Å²) in [4.78, 5) is 27.8. The number of nitrogens with one attached hydrogen (secondary N) is 1. The normalized spacial score (nSPS) is 16.3. The SMILES string of the molecule is CCP(=O)(CCO[Si](C)(C)C(C)(C)C)c1ccc(-n2ccn(-c3c4c(nn3-c3cc(C)c(F)c(C)c3)CCN(C(=O)O)[C@H]4C)c2=O)cc1NC. The smallest absolute Gasteiger partial charge is 0.407 e. The van der Waals surface area contributed by atoms with Crippen LogP contribution in [0.25, 0.3) is 17.2 Å². The molecule has 1 aliphatic heterocycles. The fourth-order valence-electron chi connectivity index (χ4n) is 6.45. The van der Waals surface area contributed by atoms with Gasteiger partial charge in [-0.25, -0.2) is 18.7 Å². The van der Waals surface area contributed by atoms with Crippen molar-refractivity contribution in [1.29, 1.82) is 0 Å². The molecule has 11 nitrogen and oxygen atoms in total. The fourth-order valence-corrected chi connectivity index (χ4v) is 9.91. The number of aryl methyl sites for hydroxylation is 2. The van der Waals surface area contributed by atoms with Crippen molar-refractivity contribution in [2.45, 2.75) is 79.1 Å². The Morgan fingerprint density at radius 1 is 1.12 bits per heavy atom. The number of hydrogen-bond donors (Lipinski definition) is 2. The van der Waals surface area contributed by atoms with Gasteiger partial charge in [-0.05, 0) is 80.4 Å². The second-order valence-corrected chi connectivity index (χ2v) is 22.9. The highest BCUT2D eigenvalue weighted by Gasteiger charge is 2.38. The maximum absolute atomic E-state index is 14.7. The second kappa shape index (κ2) is 13.7. The lowest BCUT2D eigenvalue weighted by Crippen LogP contribution is -2.41. The van der Waals surface area contributed by atoms with Crippen LogP contribution in [0.3, 0.4) is 0 Å². The Balaban J connectivity index is 1.58. The van der Waals surface area contributed by atoms with Gasteiger partial charge in [-0.3, -0.25) is 9.13 Å². The van der Waals surface area contributed by atoms with E-state index in [0.717, 1.165) is 0 Å². The van der Waals surface area contributed by atoms with Crippen molar-refractivity contribution < 1.29 is 23.3 Å². The molecular weight excluding hydrogens is 674 g/mol. The van der Waals surface area contributed by atoms with E-state index in [1.54, 1.807) is 63.1 Å². The number of nitrogens with zero attached hydrogens (tertiary/aromatic N) is 5. The standard InChI is InChI=1S/C36H50FN6O5PSi/c1-11-49(47,19-18-48-50(9,10)36(5,6)7)30-13-12-26(22-29(30)38-8)41-16-17-42(34(41)44)33-31-25(4)40(35(45)46)15-14-28(31)39-43(33)27-20-23(2)32(37)24(3)21-27/h12-13,16-17,20-22,25,38H,11,14-15,18-19H2,1-10H3,(H,45,46)/t25-,49?/m0/s1. The van der Waals surface area contributed by atoms with Crippen molar-refractivity contribution in [2.24, 2.45) is 0 Å². The molecule has 1 amide bonds. The lowest BCUT2D eigenvalue weighted by Gasteiger charge is -2.36. The molecule has 2 atom stereocenters. The van der Waals surface area contributed by atoms with Crippen LogP contribution in [-0.4, -0.2) is 75.9 Å². The van der Waals surface area contributed by atoms with E-state index in [1.807, 2.05) is 19.1 Å². The first-order valence-corrected chi connectivity index (χ1v) is 22.1. The van der Waals surface area contributed by atoms with Gasteiger partial charge in [-0.1, -0.05) is 27.7 Å². The third-order valence-corrected chi connectivity index (χ3v) is 18.3. The predicted octanol–water partition coefficient (Wildman–Crippen LogP) is 7.24. The van der Waals surface area contributed by atoms with Gasteiger partial charge in [0.2, 0.25) is 0 Å². The summed E-state index contributed by atoms with van der Waals surface area (Å²) in [6, 6.07) is 8.22. The van der Waals surface area contributed by atoms with E-state index in [2.05, 4.69) is 39.2 Å². The number of carbonyl (C=O) groups is 1. The molecule has 3 heterocycles. The summed E-state index contributed by atoms with van der Waals surface area (Å²) >= 11 is 0. The average molecular weight is 725 g/mol. The summed E-state index contributed by atoms with van der Waals surface area (Å²) in [5, 5.41) is 18.8. The number of rotatable bonds is 10. The fraction of sp³-hybridized carbons (Fsp3) is 0.472. The first-order chi connectivity index (χ1) is 23.3. The number of amides is 1. The van der Waals surface area contributed by atoms with Gasteiger partial charge in [0.05, 0.1) is 23.1 Å². The Morgan fingerprint density at radius 3 is 2.34 bits per heavy atom. The zero-order chi connectivity index (χ0) is 36.9. The number of hydrogen-bond acceptors (Lipinski definition) is 6. The molecule has 1 aliphatic rings. The molecule has 4 aromatic rings. The van der Waals surface area contributed by atoms with Crippen LogP contribution in [0.15, 0.2) is 47.5 Å². The van der Waals surface area contributed by atoms with Crippen LogP contribution < -0.4 is 16.3 Å². The highest BCUT2D eigenvalue weighted by Crippen LogP contribution is 2.47. The average Bonchev–Trinajstić information content (AvgIpc) is 3.62. The molecule has 14 heteroatoms. The van der Waals surface area contributed by atoms with Crippen molar-refractivity contribution in [3.63, 3.8) is 0 Å². The maximum atomic E-state index is 14.7. The van der Waals surface area contributed by atoms with Crippen LogP contribution >= 0.6 is 7.14 Å². The van der Waals surface area contributed by atoms with Crippen molar-refractivity contribution in [3.8, 4) is 17.2 Å². The highest BCUT2D eigenvalue weighted by atomic mass is 31.2. The van der Waals surface area contributed by atoms with Gasteiger partial charge < -0.3 is 24.3 Å². The van der Waals surface area contributed by atoms with E-state index in [1.165, 1.54) is 14.0 Å². The van der Waals surface area contributed by atoms with Crippen LogP contribution in [0.2, 0.25) is 18.1 Å². The summed E-state index contributed by atoms with van der Waals surface area (Å²) in [6.07, 6.45) is 3.48. The second-order valence-electron chi connectivity index (χ2n) is 14.7. The molecular formula is C36H50FN6O5PSi. The molecule has 5 rings (SSSR count). The van der Waals surface area contributed by atoms with E-state index in [-0.39, 0.29) is 17.4 Å². The van der Waals surface area contributed by atoms with Crippen molar-refractivity contribution in [1.82, 2.24) is 23.8 Å². The molecule has 2 aromatic carbocycles. The van der Waals surface area contributed by atoms with Gasteiger partial charge >= 0.3 is 11.8 Å². The van der Waals surface area contributed by atoms with Gasteiger partial charge in [0.15, 0.2) is 8.32 Å². The Morgan fingerprint density at radius 2 is 1.76 bits per heavy atom. The van der Waals surface area contributed by atoms with Gasteiger partial charge in [0, 0.05) is 67.9 Å². The largest absolute Gasteiger partial charge is 0.465 e. The first kappa shape index (κ1) is 37.3. The number of halogens is 1. The van der Waals surface area contributed by atoms with E-state index in [4.69, 9.17) is 9.52 Å². The number of anilines is 1. The molecule has 0 aliphatic carbocycles. The van der Waals surface area contributed by atoms with Crippen LogP contribution in [0.1, 0.15) is 63.0 Å². The van der Waals surface area contributed by atoms with Crippen LogP contribution in [0.4, 0.5) is 14.9 Å². The Labute approximate surface area is 294 Å². The molecule has 270 valence electrons. The zero-order valence-corrected chi connectivity index (χ0v) is 32.7. The van der Waals surface area contributed by atoms with Gasteiger partial charge in [-0.2, -0.15) is 5.10 Å². The quantitative estimate of drug-likeness (QED) is 0.131. The van der Waals surface area contributed by atoms with E-state index in [9.17, 15) is 23.7 Å². The zero-order valence-electron chi connectivity index (χ0n) is 30.8. The van der Waals surface area contributed by atoms with E-state index in [0.29, 0.717) is 75.9 Å². The molecule has 0 spiro atoms. The molecule has 0 radical (unpaired) electrons. The lowest BCUT2D eigenvalue weighted by molar-refractivity contribution is 0.124. The van der Waals surface area contributed by atoms with Crippen molar-refractivity contribution in [2.75, 3.05) is 37.8 Å². The molecule has 1 unspecified atom stereocenters. The molecule has 0 saturated heterocycles. The predicted molar refractivity (Wildman–Crippen MR) is 200 cm³/mol. The monoisotopic (exact) mass is 724 g/mol. The topological polar surface area (TPSA) is 124 Å². The van der Waals surface area contributed by atoms with Crippen molar-refractivity contribution >= 4 is 32.5 Å². The Hall–Kier alpha value is -3.93. The third kappa shape index (κ3) is 6.63. The number of aromatic nitrogens is 4. The lowest BCUT2D eigenvalue weighted by atomic mass is 10.00. The van der Waals surface area contributed by atoms with Gasteiger partial charge in [-0.15, -0.1) is 0 Å². The summed E-state index contributed by atoms with van der Waals surface area (Å²) in [6.45, 7) is 18.7. The number of benzene rings is 2. The van der Waals surface area contributed by atoms with Crippen LogP contribution in [-0.2, 0) is 15.4 Å². The third-order valence-electron chi connectivity index (χ3n) is 10.6. The number of imidazole rings is 1. The Bertz CT molecular complexity index is 2020. The van der Waals surface area contributed by atoms with Gasteiger partial charge in [0.25, 0.3) is 0 Å². The van der Waals surface area contributed by atoms with Crippen LogP contribution in [0.5, 0.6) is 0 Å². The number of fused-ring (bicyclic) bond motifs is 1. The van der Waals surface area contributed by atoms with Gasteiger partial charge in [0.1, 0.15) is 18.8 Å². The molecule has 0 saturated carbocycles. The van der Waals surface area contributed by atoms with E-state index >= 15 is 0 Å². The molecule has 0 bridgehead atoms. The summed E-state index contributed by atoms with van der Waals surface area (Å²) in [5.41, 5.74) is 3.56. The maximum Gasteiger partial charge on any atom is 0.407 e.